The molecule has 0 radical (unpaired) electrons. The Hall–Kier alpha value is -1.55. The lowest BCUT2D eigenvalue weighted by Crippen LogP contribution is -2.40. The number of hydrogen-bond acceptors (Lipinski definition) is 5. The molecule has 0 N–H and O–H groups in total. The highest BCUT2D eigenvalue weighted by molar-refractivity contribution is 14.1. The number of amides is 3. The Morgan fingerprint density at radius 3 is 2.69 bits per heavy atom. The predicted molar refractivity (Wildman–Crippen MR) is 109 cm³/mol. The van der Waals surface area contributed by atoms with Gasteiger partial charge < -0.3 is 9.64 Å². The summed E-state index contributed by atoms with van der Waals surface area (Å²) in [7, 11) is 0. The van der Waals surface area contributed by atoms with Crippen LogP contribution in [0.4, 0.5) is 4.79 Å². The van der Waals surface area contributed by atoms with Gasteiger partial charge in [-0.25, -0.2) is 0 Å². The molecule has 6 nitrogen and oxygen atoms in total. The maximum Gasteiger partial charge on any atom is 0.294 e. The molecule has 26 heavy (non-hydrogen) atoms. The molecule has 0 aliphatic carbocycles. The zero-order chi connectivity index (χ0) is 18.7. The van der Waals surface area contributed by atoms with E-state index in [1.807, 2.05) is 25.1 Å². The zero-order valence-electron chi connectivity index (χ0n) is 14.4. The number of carbonyl (C=O) groups excluding carboxylic acids is 3. The highest BCUT2D eigenvalue weighted by Crippen LogP contribution is 2.33. The number of hydrogen-bond donors (Lipinski definition) is 0. The van der Waals surface area contributed by atoms with Gasteiger partial charge in [0.25, 0.3) is 11.1 Å². The minimum atomic E-state index is -0.406. The molecule has 1 aromatic carbocycles. The Labute approximate surface area is 170 Å². The van der Waals surface area contributed by atoms with E-state index in [0.29, 0.717) is 24.6 Å². The molecule has 138 valence electrons. The minimum absolute atomic E-state index is 0.165. The molecule has 3 rings (SSSR count). The van der Waals surface area contributed by atoms with Crippen molar-refractivity contribution in [3.8, 4) is 5.75 Å². The van der Waals surface area contributed by atoms with E-state index in [1.54, 1.807) is 11.0 Å². The molecule has 2 aliphatic heterocycles. The molecule has 8 heteroatoms. The fourth-order valence-corrected chi connectivity index (χ4v) is 4.40. The molecule has 0 spiro atoms. The Morgan fingerprint density at radius 2 is 2.04 bits per heavy atom. The second-order valence-electron chi connectivity index (χ2n) is 5.98. The summed E-state index contributed by atoms with van der Waals surface area (Å²) >= 11 is 3.05. The van der Waals surface area contributed by atoms with Crippen LogP contribution in [0.1, 0.15) is 25.3 Å². The molecule has 2 aliphatic rings. The summed E-state index contributed by atoms with van der Waals surface area (Å²) in [5.74, 6) is 0.215. The van der Waals surface area contributed by atoms with Gasteiger partial charge in [-0.3, -0.25) is 19.3 Å². The van der Waals surface area contributed by atoms with Crippen molar-refractivity contribution in [3.63, 3.8) is 0 Å². The number of imide groups is 1. The van der Waals surface area contributed by atoms with Gasteiger partial charge in [0.15, 0.2) is 0 Å². The number of ether oxygens (including phenoxy) is 1. The molecule has 0 atom stereocenters. The summed E-state index contributed by atoms with van der Waals surface area (Å²) in [5, 5.41) is -0.394. The summed E-state index contributed by atoms with van der Waals surface area (Å²) in [5.41, 5.74) is 0.814. The number of likely N-dealkylation sites (tertiary alicyclic amines) is 1. The molecular weight excluding hydrogens is 467 g/mol. The average molecular weight is 486 g/mol. The van der Waals surface area contributed by atoms with Gasteiger partial charge in [0.05, 0.1) is 15.1 Å². The number of benzene rings is 1. The van der Waals surface area contributed by atoms with Crippen LogP contribution in [-0.2, 0) is 9.59 Å². The van der Waals surface area contributed by atoms with Crippen molar-refractivity contribution in [2.24, 2.45) is 0 Å². The first-order valence-electron chi connectivity index (χ1n) is 8.45. The molecular formula is C18H19IN2O4S. The van der Waals surface area contributed by atoms with Crippen LogP contribution >= 0.6 is 34.4 Å². The molecule has 0 bridgehead atoms. The number of nitrogens with zero attached hydrogens (tertiary/aromatic N) is 2. The summed E-state index contributed by atoms with van der Waals surface area (Å²) in [6, 6.07) is 5.59. The fourth-order valence-electron chi connectivity index (χ4n) is 2.87. The topological polar surface area (TPSA) is 66.9 Å². The Bertz CT molecular complexity index is 774. The number of halogens is 1. The Morgan fingerprint density at radius 1 is 1.31 bits per heavy atom. The van der Waals surface area contributed by atoms with Crippen molar-refractivity contribution in [3.05, 3.63) is 32.2 Å². The quantitative estimate of drug-likeness (QED) is 0.472. The lowest BCUT2D eigenvalue weighted by molar-refractivity contribution is -0.135. The van der Waals surface area contributed by atoms with Crippen molar-refractivity contribution in [2.75, 3.05) is 26.2 Å². The highest BCUT2D eigenvalue weighted by atomic mass is 127. The molecule has 2 saturated heterocycles. The third-order valence-electron chi connectivity index (χ3n) is 4.18. The van der Waals surface area contributed by atoms with Crippen LogP contribution in [0.3, 0.4) is 0 Å². The van der Waals surface area contributed by atoms with E-state index >= 15 is 0 Å². The van der Waals surface area contributed by atoms with Gasteiger partial charge in [0.1, 0.15) is 12.3 Å². The maximum absolute atomic E-state index is 12.5. The molecule has 0 aromatic heterocycles. The molecule has 0 saturated carbocycles. The summed E-state index contributed by atoms with van der Waals surface area (Å²) in [6.45, 7) is 3.73. The van der Waals surface area contributed by atoms with Crippen molar-refractivity contribution in [1.29, 1.82) is 0 Å². The third kappa shape index (κ3) is 4.22. The van der Waals surface area contributed by atoms with Crippen molar-refractivity contribution >= 4 is 57.5 Å². The van der Waals surface area contributed by atoms with E-state index in [-0.39, 0.29) is 12.5 Å². The van der Waals surface area contributed by atoms with Crippen LogP contribution in [0.25, 0.3) is 6.08 Å². The van der Waals surface area contributed by atoms with Gasteiger partial charge in [-0.05, 0) is 77.9 Å². The largest absolute Gasteiger partial charge is 0.493 e. The van der Waals surface area contributed by atoms with E-state index in [9.17, 15) is 14.4 Å². The van der Waals surface area contributed by atoms with E-state index in [4.69, 9.17) is 4.74 Å². The summed E-state index contributed by atoms with van der Waals surface area (Å²) in [4.78, 5) is 40.0. The average Bonchev–Trinajstić information content (AvgIpc) is 3.22. The first-order valence-corrected chi connectivity index (χ1v) is 10.3. The van der Waals surface area contributed by atoms with Crippen LogP contribution in [0, 0.1) is 3.57 Å². The van der Waals surface area contributed by atoms with Gasteiger partial charge in [0.2, 0.25) is 5.91 Å². The number of carbonyl (C=O) groups is 3. The Balaban J connectivity index is 1.72. The lowest BCUT2D eigenvalue weighted by atomic mass is 10.2. The predicted octanol–water partition coefficient (Wildman–Crippen LogP) is 3.35. The minimum Gasteiger partial charge on any atom is -0.493 e. The van der Waals surface area contributed by atoms with E-state index in [0.717, 1.165) is 44.4 Å². The zero-order valence-corrected chi connectivity index (χ0v) is 17.3. The van der Waals surface area contributed by atoms with Crippen molar-refractivity contribution in [1.82, 2.24) is 9.80 Å². The van der Waals surface area contributed by atoms with Crippen LogP contribution in [0.5, 0.6) is 5.75 Å². The standard InChI is InChI=1S/C18H19IN2O4S/c1-2-25-14-6-5-12(9-13(14)19)10-15-17(23)21(18(24)26-15)11-16(22)20-7-3-4-8-20/h5-6,9-10H,2-4,7-8,11H2,1H3. The van der Waals surface area contributed by atoms with Crippen LogP contribution in [0.2, 0.25) is 0 Å². The number of rotatable bonds is 5. The van der Waals surface area contributed by atoms with Crippen molar-refractivity contribution < 1.29 is 19.1 Å². The number of thioether (sulfide) groups is 1. The SMILES string of the molecule is CCOc1ccc(C=C2SC(=O)N(CC(=O)N3CCCC3)C2=O)cc1I. The second-order valence-corrected chi connectivity index (χ2v) is 8.13. The van der Waals surface area contributed by atoms with Crippen molar-refractivity contribution in [2.45, 2.75) is 19.8 Å². The highest BCUT2D eigenvalue weighted by Gasteiger charge is 2.37. The third-order valence-corrected chi connectivity index (χ3v) is 5.93. The van der Waals surface area contributed by atoms with Crippen LogP contribution < -0.4 is 4.74 Å². The lowest BCUT2D eigenvalue weighted by Gasteiger charge is -2.18. The first-order chi connectivity index (χ1) is 12.5. The molecule has 1 aromatic rings. The fraction of sp³-hybridized carbons (Fsp3) is 0.389. The van der Waals surface area contributed by atoms with Gasteiger partial charge in [-0.1, -0.05) is 6.07 Å². The smallest absolute Gasteiger partial charge is 0.294 e. The molecule has 0 unspecified atom stereocenters. The van der Waals surface area contributed by atoms with Gasteiger partial charge in [0, 0.05) is 13.1 Å². The maximum atomic E-state index is 12.5. The van der Waals surface area contributed by atoms with Gasteiger partial charge in [-0.15, -0.1) is 0 Å². The second kappa shape index (κ2) is 8.43. The van der Waals surface area contributed by atoms with E-state index < -0.39 is 11.1 Å². The Kier molecular flexibility index (Phi) is 6.23. The summed E-state index contributed by atoms with van der Waals surface area (Å²) < 4.78 is 6.44. The van der Waals surface area contributed by atoms with E-state index in [1.165, 1.54) is 0 Å². The van der Waals surface area contributed by atoms with Gasteiger partial charge in [-0.2, -0.15) is 0 Å². The molecule has 3 amide bonds. The normalized spacial score (nSPS) is 18.9. The molecule has 2 heterocycles. The van der Waals surface area contributed by atoms with Crippen LogP contribution in [0.15, 0.2) is 23.1 Å². The molecule has 2 fully saturated rings. The monoisotopic (exact) mass is 486 g/mol. The van der Waals surface area contributed by atoms with E-state index in [2.05, 4.69) is 22.6 Å². The van der Waals surface area contributed by atoms with Crippen LogP contribution in [-0.4, -0.2) is 53.1 Å². The summed E-state index contributed by atoms with van der Waals surface area (Å²) in [6.07, 6.45) is 3.64. The van der Waals surface area contributed by atoms with Gasteiger partial charge >= 0.3 is 0 Å². The first kappa shape index (κ1) is 19.2.